The Morgan fingerprint density at radius 1 is 1.38 bits per heavy atom. The van der Waals surface area contributed by atoms with Gasteiger partial charge < -0.3 is 0 Å². The van der Waals surface area contributed by atoms with E-state index in [1.807, 2.05) is 49.0 Å². The molecule has 0 aliphatic carbocycles. The van der Waals surface area contributed by atoms with Crippen LogP contribution in [0.1, 0.15) is 37.2 Å². The molecule has 1 aromatic heterocycles. The molecule has 4 heteroatoms. The molecule has 0 amide bonds. The number of Topliss-reactive ketones (excluding diaryl/α,β-unsaturated/α-hetero) is 1. The molecule has 21 heavy (non-hydrogen) atoms. The number of thioether (sulfide) groups is 1. The van der Waals surface area contributed by atoms with Crippen molar-refractivity contribution in [3.8, 4) is 6.07 Å². The number of carbonyl (C=O) groups excluding carboxylic acids is 1. The fraction of sp³-hybridized carbons (Fsp3) is 0.294. The van der Waals surface area contributed by atoms with Crippen LogP contribution < -0.4 is 0 Å². The van der Waals surface area contributed by atoms with Gasteiger partial charge in [0.2, 0.25) is 0 Å². The van der Waals surface area contributed by atoms with Crippen molar-refractivity contribution in [1.29, 1.82) is 5.26 Å². The number of nitriles is 1. The molecule has 0 saturated carbocycles. The standard InChI is InChI=1S/C17H15NOS2/c1-11-4-2-3-5-13(11)14(9-18)17(19)16-8-12-10-20-7-6-15(12)21-16/h2-5,8,14H,6-7,10H2,1H3. The maximum absolute atomic E-state index is 12.7. The van der Waals surface area contributed by atoms with E-state index in [0.717, 1.165) is 33.9 Å². The van der Waals surface area contributed by atoms with Crippen LogP contribution in [0.2, 0.25) is 0 Å². The second kappa shape index (κ2) is 6.05. The van der Waals surface area contributed by atoms with E-state index in [2.05, 4.69) is 6.07 Å². The van der Waals surface area contributed by atoms with Gasteiger partial charge >= 0.3 is 0 Å². The molecule has 1 aliphatic heterocycles. The number of carbonyl (C=O) groups is 1. The average Bonchev–Trinajstić information content (AvgIpc) is 2.93. The highest BCUT2D eigenvalue weighted by molar-refractivity contribution is 7.98. The van der Waals surface area contributed by atoms with Crippen molar-refractivity contribution in [3.63, 3.8) is 0 Å². The lowest BCUT2D eigenvalue weighted by molar-refractivity contribution is 0.0982. The van der Waals surface area contributed by atoms with Crippen LogP contribution in [0, 0.1) is 18.3 Å². The Kier molecular flexibility index (Phi) is 4.14. The second-order valence-corrected chi connectivity index (χ2v) is 7.39. The summed E-state index contributed by atoms with van der Waals surface area (Å²) in [7, 11) is 0. The Hall–Kier alpha value is -1.57. The molecular formula is C17H15NOS2. The lowest BCUT2D eigenvalue weighted by Crippen LogP contribution is -2.11. The summed E-state index contributed by atoms with van der Waals surface area (Å²) in [5.74, 6) is 1.36. The Labute approximate surface area is 132 Å². The van der Waals surface area contributed by atoms with E-state index >= 15 is 0 Å². The number of hydrogen-bond acceptors (Lipinski definition) is 4. The summed E-state index contributed by atoms with van der Waals surface area (Å²) in [4.78, 5) is 14.8. The van der Waals surface area contributed by atoms with Crippen LogP contribution in [0.5, 0.6) is 0 Å². The van der Waals surface area contributed by atoms with Crippen molar-refractivity contribution in [2.75, 3.05) is 5.75 Å². The second-order valence-electron chi connectivity index (χ2n) is 5.14. The van der Waals surface area contributed by atoms with Crippen molar-refractivity contribution in [2.24, 2.45) is 0 Å². The summed E-state index contributed by atoms with van der Waals surface area (Å²) < 4.78 is 0. The summed E-state index contributed by atoms with van der Waals surface area (Å²) >= 11 is 3.48. The van der Waals surface area contributed by atoms with Crippen LogP contribution in [0.3, 0.4) is 0 Å². The highest BCUT2D eigenvalue weighted by atomic mass is 32.2. The SMILES string of the molecule is Cc1ccccc1C(C#N)C(=O)c1cc2c(s1)CCSC2. The van der Waals surface area contributed by atoms with Crippen molar-refractivity contribution in [3.05, 3.63) is 56.8 Å². The molecule has 0 bridgehead atoms. The number of benzene rings is 1. The normalized spacial score (nSPS) is 15.0. The van der Waals surface area contributed by atoms with E-state index in [-0.39, 0.29) is 5.78 Å². The number of fused-ring (bicyclic) bond motifs is 1. The highest BCUT2D eigenvalue weighted by Crippen LogP contribution is 2.34. The molecule has 0 fully saturated rings. The van der Waals surface area contributed by atoms with E-state index in [1.54, 1.807) is 11.3 Å². The Balaban J connectivity index is 1.95. The average molecular weight is 313 g/mol. The monoisotopic (exact) mass is 313 g/mol. The number of nitrogens with zero attached hydrogens (tertiary/aromatic N) is 1. The van der Waals surface area contributed by atoms with E-state index in [0.29, 0.717) is 0 Å². The number of thiophene rings is 1. The zero-order valence-corrected chi connectivity index (χ0v) is 13.4. The molecule has 2 heterocycles. The molecule has 3 rings (SSSR count). The molecule has 0 N–H and O–H groups in total. The first-order valence-corrected chi connectivity index (χ1v) is 8.86. The zero-order chi connectivity index (χ0) is 14.8. The first kappa shape index (κ1) is 14.4. The molecule has 1 aromatic carbocycles. The van der Waals surface area contributed by atoms with E-state index < -0.39 is 5.92 Å². The Bertz CT molecular complexity index is 703. The van der Waals surface area contributed by atoms with Gasteiger partial charge in [0.25, 0.3) is 0 Å². The molecule has 1 unspecified atom stereocenters. The molecule has 0 radical (unpaired) electrons. The van der Waals surface area contributed by atoms with Gasteiger partial charge in [-0.2, -0.15) is 17.0 Å². The third kappa shape index (κ3) is 2.76. The van der Waals surface area contributed by atoms with Crippen LogP contribution in [-0.2, 0) is 12.2 Å². The predicted octanol–water partition coefficient (Wildman–Crippen LogP) is 4.34. The van der Waals surface area contributed by atoms with Crippen LogP contribution >= 0.6 is 23.1 Å². The van der Waals surface area contributed by atoms with Gasteiger partial charge in [-0.1, -0.05) is 24.3 Å². The van der Waals surface area contributed by atoms with Gasteiger partial charge in [-0.05, 0) is 41.9 Å². The molecule has 106 valence electrons. The summed E-state index contributed by atoms with van der Waals surface area (Å²) in [6.07, 6.45) is 1.04. The maximum atomic E-state index is 12.7. The van der Waals surface area contributed by atoms with Crippen molar-refractivity contribution in [2.45, 2.75) is 25.0 Å². The highest BCUT2D eigenvalue weighted by Gasteiger charge is 2.26. The quantitative estimate of drug-likeness (QED) is 0.792. The molecule has 1 atom stereocenters. The molecule has 1 aliphatic rings. The number of aryl methyl sites for hydroxylation is 2. The van der Waals surface area contributed by atoms with E-state index in [1.165, 1.54) is 10.4 Å². The maximum Gasteiger partial charge on any atom is 0.194 e. The van der Waals surface area contributed by atoms with Crippen molar-refractivity contribution >= 4 is 28.9 Å². The zero-order valence-electron chi connectivity index (χ0n) is 11.8. The van der Waals surface area contributed by atoms with E-state index in [4.69, 9.17) is 0 Å². The van der Waals surface area contributed by atoms with Crippen LogP contribution in [0.25, 0.3) is 0 Å². The predicted molar refractivity (Wildman–Crippen MR) is 88.0 cm³/mol. The van der Waals surface area contributed by atoms with Gasteiger partial charge in [0.15, 0.2) is 5.78 Å². The first-order valence-electron chi connectivity index (χ1n) is 6.89. The third-order valence-corrected chi connectivity index (χ3v) is 6.02. The molecule has 0 saturated heterocycles. The van der Waals surface area contributed by atoms with Crippen molar-refractivity contribution < 1.29 is 4.79 Å². The molecular weight excluding hydrogens is 298 g/mol. The molecule has 2 aromatic rings. The Morgan fingerprint density at radius 2 is 2.19 bits per heavy atom. The van der Waals surface area contributed by atoms with Crippen LogP contribution in [-0.4, -0.2) is 11.5 Å². The topological polar surface area (TPSA) is 40.9 Å². The lowest BCUT2D eigenvalue weighted by Gasteiger charge is -2.10. The molecule has 0 spiro atoms. The van der Waals surface area contributed by atoms with Gasteiger partial charge in [0, 0.05) is 10.6 Å². The number of hydrogen-bond donors (Lipinski definition) is 0. The summed E-state index contributed by atoms with van der Waals surface area (Å²) in [5.41, 5.74) is 3.10. The minimum Gasteiger partial charge on any atom is -0.291 e. The van der Waals surface area contributed by atoms with Gasteiger partial charge in [0.05, 0.1) is 10.9 Å². The summed E-state index contributed by atoms with van der Waals surface area (Å²) in [5, 5.41) is 9.47. The van der Waals surface area contributed by atoms with Crippen LogP contribution in [0.15, 0.2) is 30.3 Å². The van der Waals surface area contributed by atoms with Gasteiger partial charge in [-0.15, -0.1) is 11.3 Å². The fourth-order valence-corrected chi connectivity index (χ4v) is 4.93. The summed E-state index contributed by atoms with van der Waals surface area (Å²) in [6, 6.07) is 11.8. The lowest BCUT2D eigenvalue weighted by atomic mass is 9.91. The first-order chi connectivity index (χ1) is 10.2. The number of ketones is 1. The summed E-state index contributed by atoms with van der Waals surface area (Å²) in [6.45, 7) is 1.95. The fourth-order valence-electron chi connectivity index (χ4n) is 2.59. The molecule has 2 nitrogen and oxygen atoms in total. The smallest absolute Gasteiger partial charge is 0.194 e. The number of rotatable bonds is 3. The van der Waals surface area contributed by atoms with Gasteiger partial charge in [-0.25, -0.2) is 0 Å². The Morgan fingerprint density at radius 3 is 2.90 bits per heavy atom. The minimum atomic E-state index is -0.695. The van der Waals surface area contributed by atoms with Gasteiger partial charge in [-0.3, -0.25) is 4.79 Å². The van der Waals surface area contributed by atoms with Gasteiger partial charge in [0.1, 0.15) is 5.92 Å². The third-order valence-electron chi connectivity index (χ3n) is 3.76. The van der Waals surface area contributed by atoms with E-state index in [9.17, 15) is 10.1 Å². The minimum absolute atomic E-state index is 0.0591. The van der Waals surface area contributed by atoms with Crippen molar-refractivity contribution in [1.82, 2.24) is 0 Å². The van der Waals surface area contributed by atoms with Crippen LogP contribution in [0.4, 0.5) is 0 Å². The largest absolute Gasteiger partial charge is 0.291 e.